The molecule has 0 radical (unpaired) electrons. The maximum atomic E-state index is 12.3. The summed E-state index contributed by atoms with van der Waals surface area (Å²) in [6.07, 6.45) is 3.16. The Morgan fingerprint density at radius 2 is 1.95 bits per heavy atom. The molecule has 102 valence electrons. The molecule has 19 heavy (non-hydrogen) atoms. The second-order valence-corrected chi connectivity index (χ2v) is 6.39. The van der Waals surface area contributed by atoms with E-state index in [2.05, 4.69) is 14.9 Å². The van der Waals surface area contributed by atoms with E-state index in [1.807, 2.05) is 0 Å². The topological polar surface area (TPSA) is 74.8 Å². The predicted molar refractivity (Wildman–Crippen MR) is 73.8 cm³/mol. The van der Waals surface area contributed by atoms with E-state index in [0.29, 0.717) is 5.56 Å². The van der Waals surface area contributed by atoms with Gasteiger partial charge >= 0.3 is 0 Å². The fraction of sp³-hybridized carbons (Fsp3) is 0.182. The Kier molecular flexibility index (Phi) is 4.15. The van der Waals surface area contributed by atoms with Gasteiger partial charge in [-0.25, -0.2) is 13.1 Å². The number of H-pyrrole nitrogens is 1. The minimum Gasteiger partial charge on any atom is -0.285 e. The molecule has 5 nitrogen and oxygen atoms in total. The number of rotatable bonds is 4. The number of aromatic nitrogens is 2. The first-order chi connectivity index (χ1) is 8.92. The van der Waals surface area contributed by atoms with Gasteiger partial charge in [-0.1, -0.05) is 29.3 Å². The lowest BCUT2D eigenvalue weighted by atomic mass is 10.2. The van der Waals surface area contributed by atoms with Crippen molar-refractivity contribution in [3.63, 3.8) is 0 Å². The summed E-state index contributed by atoms with van der Waals surface area (Å²) in [6, 6.07) is 4.09. The monoisotopic (exact) mass is 319 g/mol. The number of aromatic amines is 1. The highest BCUT2D eigenvalue weighted by atomic mass is 35.5. The van der Waals surface area contributed by atoms with Crippen LogP contribution in [0, 0.1) is 0 Å². The van der Waals surface area contributed by atoms with Crippen LogP contribution in [0.15, 0.2) is 35.5 Å². The van der Waals surface area contributed by atoms with Crippen LogP contribution in [0.5, 0.6) is 0 Å². The zero-order chi connectivity index (χ0) is 14.0. The van der Waals surface area contributed by atoms with Crippen molar-refractivity contribution in [2.24, 2.45) is 0 Å². The lowest BCUT2D eigenvalue weighted by Crippen LogP contribution is -2.27. The van der Waals surface area contributed by atoms with Crippen molar-refractivity contribution in [1.29, 1.82) is 0 Å². The van der Waals surface area contributed by atoms with Gasteiger partial charge in [0.25, 0.3) is 0 Å². The smallest absolute Gasteiger partial charge is 0.244 e. The maximum absolute atomic E-state index is 12.3. The average Bonchev–Trinajstić information content (AvgIpc) is 2.80. The lowest BCUT2D eigenvalue weighted by molar-refractivity contribution is 0.567. The van der Waals surface area contributed by atoms with E-state index in [-0.39, 0.29) is 14.9 Å². The number of nitrogens with one attached hydrogen (secondary N) is 2. The Morgan fingerprint density at radius 3 is 2.47 bits per heavy atom. The van der Waals surface area contributed by atoms with Gasteiger partial charge in [0.05, 0.1) is 16.2 Å². The van der Waals surface area contributed by atoms with E-state index in [1.165, 1.54) is 12.1 Å². The Balaban J connectivity index is 2.33. The maximum Gasteiger partial charge on any atom is 0.244 e. The zero-order valence-electron chi connectivity index (χ0n) is 9.89. The zero-order valence-corrected chi connectivity index (χ0v) is 12.2. The van der Waals surface area contributed by atoms with Gasteiger partial charge in [-0.3, -0.25) is 5.10 Å². The fourth-order valence-corrected chi connectivity index (χ4v) is 3.97. The van der Waals surface area contributed by atoms with Crippen molar-refractivity contribution < 1.29 is 8.42 Å². The number of benzene rings is 1. The van der Waals surface area contributed by atoms with Gasteiger partial charge in [0.2, 0.25) is 10.0 Å². The summed E-state index contributed by atoms with van der Waals surface area (Å²) >= 11 is 11.8. The first kappa shape index (κ1) is 14.3. The summed E-state index contributed by atoms with van der Waals surface area (Å²) in [6.45, 7) is 1.70. The molecule has 0 saturated heterocycles. The van der Waals surface area contributed by atoms with Crippen molar-refractivity contribution in [2.45, 2.75) is 17.9 Å². The van der Waals surface area contributed by atoms with Crippen molar-refractivity contribution in [1.82, 2.24) is 14.9 Å². The number of hydrogen-bond acceptors (Lipinski definition) is 3. The lowest BCUT2D eigenvalue weighted by Gasteiger charge is -2.14. The molecule has 1 aromatic carbocycles. The van der Waals surface area contributed by atoms with E-state index in [0.717, 1.165) is 0 Å². The Morgan fingerprint density at radius 1 is 1.32 bits per heavy atom. The molecular formula is C11H11Cl2N3O2S. The van der Waals surface area contributed by atoms with Crippen LogP contribution in [0.1, 0.15) is 18.5 Å². The molecule has 0 saturated carbocycles. The number of halogens is 2. The molecule has 0 amide bonds. The molecule has 1 unspecified atom stereocenters. The number of nitrogens with zero attached hydrogens (tertiary/aromatic N) is 1. The van der Waals surface area contributed by atoms with Crippen LogP contribution in [0.4, 0.5) is 0 Å². The summed E-state index contributed by atoms with van der Waals surface area (Å²) in [5.41, 5.74) is 0.715. The van der Waals surface area contributed by atoms with Gasteiger partial charge in [-0.2, -0.15) is 5.10 Å². The Labute approximate surface area is 121 Å². The van der Waals surface area contributed by atoms with Crippen molar-refractivity contribution in [3.8, 4) is 0 Å². The number of hydrogen-bond donors (Lipinski definition) is 2. The summed E-state index contributed by atoms with van der Waals surface area (Å²) < 4.78 is 27.0. The van der Waals surface area contributed by atoms with Gasteiger partial charge in [0.15, 0.2) is 0 Å². The third-order valence-electron chi connectivity index (χ3n) is 2.54. The van der Waals surface area contributed by atoms with Crippen LogP contribution in [-0.2, 0) is 10.0 Å². The Hall–Kier alpha value is -1.08. The van der Waals surface area contributed by atoms with E-state index in [1.54, 1.807) is 25.4 Å². The standard InChI is InChI=1S/C11H11Cl2N3O2S/c1-7(8-5-14-15-6-8)16-19(17,18)11-9(12)3-2-4-10(11)13/h2-7,16H,1H3,(H,14,15). The molecule has 0 aliphatic rings. The van der Waals surface area contributed by atoms with Gasteiger partial charge < -0.3 is 0 Å². The second-order valence-electron chi connectivity index (χ2n) is 3.93. The van der Waals surface area contributed by atoms with Gasteiger partial charge in [0.1, 0.15) is 4.90 Å². The summed E-state index contributed by atoms with van der Waals surface area (Å²) in [7, 11) is -3.80. The van der Waals surface area contributed by atoms with E-state index < -0.39 is 16.1 Å². The highest BCUT2D eigenvalue weighted by Gasteiger charge is 2.24. The molecule has 0 fully saturated rings. The van der Waals surface area contributed by atoms with Gasteiger partial charge in [-0.15, -0.1) is 0 Å². The van der Waals surface area contributed by atoms with Crippen LogP contribution < -0.4 is 4.72 Å². The van der Waals surface area contributed by atoms with Gasteiger partial charge in [-0.05, 0) is 19.1 Å². The SMILES string of the molecule is CC(NS(=O)(=O)c1c(Cl)cccc1Cl)c1cn[nH]c1. The van der Waals surface area contributed by atoms with Crippen LogP contribution in [0.25, 0.3) is 0 Å². The highest BCUT2D eigenvalue weighted by Crippen LogP contribution is 2.29. The normalized spacial score (nSPS) is 13.4. The van der Waals surface area contributed by atoms with Crippen molar-refractivity contribution >= 4 is 33.2 Å². The van der Waals surface area contributed by atoms with Crippen molar-refractivity contribution in [2.75, 3.05) is 0 Å². The van der Waals surface area contributed by atoms with Crippen LogP contribution >= 0.6 is 23.2 Å². The highest BCUT2D eigenvalue weighted by molar-refractivity contribution is 7.89. The summed E-state index contributed by atoms with van der Waals surface area (Å²) in [4.78, 5) is -0.117. The molecule has 2 rings (SSSR count). The quantitative estimate of drug-likeness (QED) is 0.909. The van der Waals surface area contributed by atoms with Crippen LogP contribution in [-0.4, -0.2) is 18.6 Å². The molecule has 2 aromatic rings. The van der Waals surface area contributed by atoms with Crippen molar-refractivity contribution in [3.05, 3.63) is 46.2 Å². The molecule has 0 aliphatic carbocycles. The van der Waals surface area contributed by atoms with Crippen LogP contribution in [0.2, 0.25) is 10.0 Å². The minimum absolute atomic E-state index is 0.0828. The first-order valence-corrected chi connectivity index (χ1v) is 7.61. The predicted octanol–water partition coefficient (Wildman–Crippen LogP) is 2.76. The minimum atomic E-state index is -3.80. The summed E-state index contributed by atoms with van der Waals surface area (Å²) in [5, 5.41) is 6.56. The summed E-state index contributed by atoms with van der Waals surface area (Å²) in [5.74, 6) is 0. The fourth-order valence-electron chi connectivity index (χ4n) is 1.60. The molecular weight excluding hydrogens is 309 g/mol. The molecule has 1 heterocycles. The molecule has 2 N–H and O–H groups in total. The Bertz CT molecular complexity index is 651. The second kappa shape index (κ2) is 5.50. The molecule has 0 bridgehead atoms. The van der Waals surface area contributed by atoms with E-state index in [9.17, 15) is 8.42 Å². The molecule has 8 heteroatoms. The largest absolute Gasteiger partial charge is 0.285 e. The van der Waals surface area contributed by atoms with Crippen LogP contribution in [0.3, 0.4) is 0 Å². The molecule has 0 spiro atoms. The van der Waals surface area contributed by atoms with Gasteiger partial charge in [0, 0.05) is 17.8 Å². The molecule has 1 aromatic heterocycles. The third-order valence-corrected chi connectivity index (χ3v) is 5.03. The average molecular weight is 320 g/mol. The molecule has 1 atom stereocenters. The third kappa shape index (κ3) is 3.09. The number of sulfonamides is 1. The first-order valence-electron chi connectivity index (χ1n) is 5.37. The molecule has 0 aliphatic heterocycles. The van der Waals surface area contributed by atoms with E-state index in [4.69, 9.17) is 23.2 Å². The van der Waals surface area contributed by atoms with E-state index >= 15 is 0 Å².